The summed E-state index contributed by atoms with van der Waals surface area (Å²) in [5, 5.41) is 9.08. The zero-order chi connectivity index (χ0) is 13.4. The average molecular weight is 260 g/mol. The predicted molar refractivity (Wildman–Crippen MR) is 70.9 cm³/mol. The van der Waals surface area contributed by atoms with Crippen LogP contribution in [0.2, 0.25) is 0 Å². The molecule has 4 nitrogen and oxygen atoms in total. The smallest absolute Gasteiger partial charge is 0.306 e. The second-order valence-corrected chi connectivity index (χ2v) is 6.09. The molecule has 4 heteroatoms. The minimum atomic E-state index is -0.695. The normalized spacial score (nSPS) is 30.1. The van der Waals surface area contributed by atoms with E-state index in [-0.39, 0.29) is 5.92 Å². The Morgan fingerprint density at radius 3 is 2.89 bits per heavy atom. The first-order chi connectivity index (χ1) is 9.13. The first kappa shape index (κ1) is 12.6. The average Bonchev–Trinajstić information content (AvgIpc) is 2.84. The fraction of sp³-hybridized carbons (Fsp3) is 0.667. The van der Waals surface area contributed by atoms with Crippen LogP contribution in [0.3, 0.4) is 0 Å². The van der Waals surface area contributed by atoms with E-state index < -0.39 is 5.97 Å². The van der Waals surface area contributed by atoms with E-state index in [0.717, 1.165) is 29.4 Å². The molecule has 0 aromatic carbocycles. The van der Waals surface area contributed by atoms with E-state index in [2.05, 4.69) is 11.9 Å². The van der Waals surface area contributed by atoms with Crippen molar-refractivity contribution in [3.05, 3.63) is 23.3 Å². The Kier molecular flexibility index (Phi) is 3.25. The Balaban J connectivity index is 1.80. The molecule has 1 heterocycles. The highest BCUT2D eigenvalue weighted by molar-refractivity contribution is 5.70. The molecule has 19 heavy (non-hydrogen) atoms. The lowest BCUT2D eigenvalue weighted by Gasteiger charge is -2.21. The summed E-state index contributed by atoms with van der Waals surface area (Å²) in [4.78, 5) is 20.3. The highest BCUT2D eigenvalue weighted by atomic mass is 16.4. The monoisotopic (exact) mass is 260 g/mol. The number of carbonyl (C=O) groups is 1. The molecule has 1 aromatic rings. The maximum atomic E-state index is 11.0. The van der Waals surface area contributed by atoms with Gasteiger partial charge in [-0.3, -0.25) is 4.79 Å². The van der Waals surface area contributed by atoms with Crippen LogP contribution in [0, 0.1) is 11.8 Å². The van der Waals surface area contributed by atoms with E-state index in [1.807, 2.05) is 6.20 Å². The zero-order valence-electron chi connectivity index (χ0n) is 11.3. The molecule has 3 atom stereocenters. The van der Waals surface area contributed by atoms with Gasteiger partial charge in [0.05, 0.1) is 5.92 Å². The second-order valence-electron chi connectivity index (χ2n) is 6.09. The molecular formula is C15H20N2O2. The summed E-state index contributed by atoms with van der Waals surface area (Å²) < 4.78 is 0. The van der Waals surface area contributed by atoms with Crippen molar-refractivity contribution >= 4 is 5.97 Å². The maximum absolute atomic E-state index is 11.0. The molecule has 3 rings (SSSR count). The van der Waals surface area contributed by atoms with Crippen LogP contribution < -0.4 is 0 Å². The molecule has 0 aliphatic heterocycles. The second kappa shape index (κ2) is 4.91. The van der Waals surface area contributed by atoms with Gasteiger partial charge in [0.25, 0.3) is 0 Å². The predicted octanol–water partition coefficient (Wildman–Crippen LogP) is 2.57. The Bertz CT molecular complexity index is 501. The molecular weight excluding hydrogens is 240 g/mol. The molecule has 1 fully saturated rings. The Hall–Kier alpha value is -1.45. The fourth-order valence-electron chi connectivity index (χ4n) is 3.37. The van der Waals surface area contributed by atoms with Crippen LogP contribution in [-0.4, -0.2) is 21.0 Å². The Morgan fingerprint density at radius 1 is 1.37 bits per heavy atom. The van der Waals surface area contributed by atoms with Gasteiger partial charge in [-0.2, -0.15) is 0 Å². The van der Waals surface area contributed by atoms with Gasteiger partial charge in [0.2, 0.25) is 0 Å². The zero-order valence-corrected chi connectivity index (χ0v) is 11.3. The van der Waals surface area contributed by atoms with Crippen LogP contribution in [-0.2, 0) is 17.6 Å². The van der Waals surface area contributed by atoms with Crippen LogP contribution in [0.4, 0.5) is 0 Å². The summed E-state index contributed by atoms with van der Waals surface area (Å²) in [6.45, 7) is 2.29. The Labute approximate surface area is 113 Å². The summed E-state index contributed by atoms with van der Waals surface area (Å²) in [5.74, 6) is 1.32. The van der Waals surface area contributed by atoms with Gasteiger partial charge in [-0.1, -0.05) is 6.92 Å². The highest BCUT2D eigenvalue weighted by Gasteiger charge is 2.28. The van der Waals surface area contributed by atoms with Gasteiger partial charge in [-0.15, -0.1) is 0 Å². The van der Waals surface area contributed by atoms with Crippen LogP contribution in [0.1, 0.15) is 55.6 Å². The molecule has 0 bridgehead atoms. The number of carboxylic acid groups (broad SMARTS) is 1. The van der Waals surface area contributed by atoms with Gasteiger partial charge in [0.1, 0.15) is 5.82 Å². The number of rotatable bonds is 2. The summed E-state index contributed by atoms with van der Waals surface area (Å²) in [6.07, 6.45) is 7.60. The third-order valence-corrected chi connectivity index (χ3v) is 4.58. The molecule has 0 amide bonds. The lowest BCUT2D eigenvalue weighted by atomic mass is 9.87. The SMILES string of the molecule is CC1CCC(c2ncc3c(n2)CCC(C(=O)O)C3)C1. The molecule has 0 spiro atoms. The number of hydrogen-bond donors (Lipinski definition) is 1. The third-order valence-electron chi connectivity index (χ3n) is 4.58. The number of fused-ring (bicyclic) bond motifs is 1. The number of hydrogen-bond acceptors (Lipinski definition) is 3. The van der Waals surface area contributed by atoms with Crippen LogP contribution in [0.15, 0.2) is 6.20 Å². The number of aliphatic carboxylic acids is 1. The van der Waals surface area contributed by atoms with E-state index >= 15 is 0 Å². The largest absolute Gasteiger partial charge is 0.481 e. The number of carboxylic acids is 1. The quantitative estimate of drug-likeness (QED) is 0.887. The van der Waals surface area contributed by atoms with E-state index in [0.29, 0.717) is 18.8 Å². The van der Waals surface area contributed by atoms with Crippen molar-refractivity contribution in [1.82, 2.24) is 9.97 Å². The Morgan fingerprint density at radius 2 is 2.21 bits per heavy atom. The lowest BCUT2D eigenvalue weighted by Crippen LogP contribution is -2.23. The van der Waals surface area contributed by atoms with E-state index in [1.54, 1.807) is 0 Å². The molecule has 1 aromatic heterocycles. The standard InChI is InChI=1S/C15H20N2O2/c1-9-2-3-10(6-9)14-16-8-12-7-11(15(18)19)4-5-13(12)17-14/h8-11H,2-7H2,1H3,(H,18,19). The number of aromatic nitrogens is 2. The molecule has 0 saturated heterocycles. The molecule has 2 aliphatic carbocycles. The van der Waals surface area contributed by atoms with E-state index in [4.69, 9.17) is 10.1 Å². The molecule has 1 N–H and O–H groups in total. The van der Waals surface area contributed by atoms with Crippen molar-refractivity contribution in [3.63, 3.8) is 0 Å². The van der Waals surface area contributed by atoms with Gasteiger partial charge in [0, 0.05) is 17.8 Å². The van der Waals surface area contributed by atoms with Crippen LogP contribution in [0.5, 0.6) is 0 Å². The van der Waals surface area contributed by atoms with Gasteiger partial charge < -0.3 is 5.11 Å². The minimum Gasteiger partial charge on any atom is -0.481 e. The molecule has 2 aliphatic rings. The molecule has 102 valence electrons. The van der Waals surface area contributed by atoms with Crippen molar-refractivity contribution in [1.29, 1.82) is 0 Å². The van der Waals surface area contributed by atoms with Crippen molar-refractivity contribution in [2.45, 2.75) is 51.4 Å². The van der Waals surface area contributed by atoms with Gasteiger partial charge in [0.15, 0.2) is 0 Å². The number of nitrogens with zero attached hydrogens (tertiary/aromatic N) is 2. The van der Waals surface area contributed by atoms with Gasteiger partial charge >= 0.3 is 5.97 Å². The summed E-state index contributed by atoms with van der Waals surface area (Å²) in [6, 6.07) is 0. The summed E-state index contributed by atoms with van der Waals surface area (Å²) >= 11 is 0. The lowest BCUT2D eigenvalue weighted by molar-refractivity contribution is -0.142. The first-order valence-corrected chi connectivity index (χ1v) is 7.21. The third kappa shape index (κ3) is 2.48. The highest BCUT2D eigenvalue weighted by Crippen LogP contribution is 2.37. The molecule has 0 radical (unpaired) electrons. The van der Waals surface area contributed by atoms with Crippen molar-refractivity contribution in [3.8, 4) is 0 Å². The van der Waals surface area contributed by atoms with E-state index in [1.165, 1.54) is 19.3 Å². The first-order valence-electron chi connectivity index (χ1n) is 7.21. The van der Waals surface area contributed by atoms with Gasteiger partial charge in [-0.05, 0) is 50.0 Å². The topological polar surface area (TPSA) is 63.1 Å². The maximum Gasteiger partial charge on any atom is 0.306 e. The van der Waals surface area contributed by atoms with E-state index in [9.17, 15) is 4.79 Å². The number of aryl methyl sites for hydroxylation is 1. The molecule has 1 saturated carbocycles. The van der Waals surface area contributed by atoms with Crippen LogP contribution in [0.25, 0.3) is 0 Å². The van der Waals surface area contributed by atoms with Gasteiger partial charge in [-0.25, -0.2) is 9.97 Å². The molecule has 3 unspecified atom stereocenters. The summed E-state index contributed by atoms with van der Waals surface area (Å²) in [7, 11) is 0. The van der Waals surface area contributed by atoms with Crippen LogP contribution >= 0.6 is 0 Å². The summed E-state index contributed by atoms with van der Waals surface area (Å²) in [5.41, 5.74) is 2.12. The van der Waals surface area contributed by atoms with Crippen molar-refractivity contribution < 1.29 is 9.90 Å². The van der Waals surface area contributed by atoms with Crippen molar-refractivity contribution in [2.75, 3.05) is 0 Å². The van der Waals surface area contributed by atoms with Crippen molar-refractivity contribution in [2.24, 2.45) is 11.8 Å². The minimum absolute atomic E-state index is 0.256. The fourth-order valence-corrected chi connectivity index (χ4v) is 3.37.